The molecule has 0 aliphatic carbocycles. The zero-order valence-electron chi connectivity index (χ0n) is 23.8. The van der Waals surface area contributed by atoms with Crippen molar-refractivity contribution in [1.82, 2.24) is 15.3 Å². The molecule has 0 saturated carbocycles. The summed E-state index contributed by atoms with van der Waals surface area (Å²) in [7, 11) is -2.52. The molecule has 1 N–H and O–H groups in total. The van der Waals surface area contributed by atoms with Crippen molar-refractivity contribution in [1.29, 1.82) is 0 Å². The molecule has 12 nitrogen and oxygen atoms in total. The van der Waals surface area contributed by atoms with Crippen LogP contribution in [0.5, 0.6) is 5.75 Å². The van der Waals surface area contributed by atoms with Crippen molar-refractivity contribution in [3.63, 3.8) is 0 Å². The largest absolute Gasteiger partial charge is 0.494 e. The van der Waals surface area contributed by atoms with Crippen LogP contribution in [0.1, 0.15) is 39.6 Å². The average Bonchev–Trinajstić information content (AvgIpc) is 3.50. The number of carbonyl (C=O) groups excluding carboxylic acids is 1. The number of ether oxygens (including phenoxy) is 3. The molecule has 0 bridgehead atoms. The number of aryl methyl sites for hydroxylation is 2. The lowest BCUT2D eigenvalue weighted by Crippen LogP contribution is -2.41. The van der Waals surface area contributed by atoms with E-state index in [1.807, 2.05) is 6.92 Å². The number of carbonyl (C=O) groups is 1. The van der Waals surface area contributed by atoms with E-state index in [9.17, 15) is 17.6 Å². The topological polar surface area (TPSA) is 148 Å². The van der Waals surface area contributed by atoms with Crippen molar-refractivity contribution < 1.29 is 40.8 Å². The van der Waals surface area contributed by atoms with Crippen molar-refractivity contribution in [2.24, 2.45) is 11.1 Å². The van der Waals surface area contributed by atoms with Gasteiger partial charge in [0, 0.05) is 18.9 Å². The molecule has 2 aliphatic rings. The molecule has 228 valence electrons. The van der Waals surface area contributed by atoms with Gasteiger partial charge in [0.15, 0.2) is 24.0 Å². The van der Waals surface area contributed by atoms with Crippen molar-refractivity contribution in [2.75, 3.05) is 26.9 Å². The van der Waals surface area contributed by atoms with Gasteiger partial charge in [-0.3, -0.25) is 8.98 Å². The molecule has 14 heteroatoms. The lowest BCUT2D eigenvalue weighted by molar-refractivity contribution is -0.246. The van der Waals surface area contributed by atoms with E-state index in [0.29, 0.717) is 29.2 Å². The summed E-state index contributed by atoms with van der Waals surface area (Å²) in [6, 6.07) is 12.3. The molecule has 0 unspecified atom stereocenters. The molecule has 0 radical (unpaired) electrons. The number of methoxy groups -OCH3 is 1. The molecular formula is C29H31FN4O8S. The van der Waals surface area contributed by atoms with Gasteiger partial charge in [0.05, 0.1) is 37.5 Å². The van der Waals surface area contributed by atoms with Crippen molar-refractivity contribution >= 4 is 21.7 Å². The summed E-state index contributed by atoms with van der Waals surface area (Å²) < 4.78 is 60.4. The minimum Gasteiger partial charge on any atom is -0.494 e. The predicted octanol–water partition coefficient (Wildman–Crippen LogP) is 3.06. The Morgan fingerprint density at radius 1 is 1.07 bits per heavy atom. The Morgan fingerprint density at radius 3 is 2.53 bits per heavy atom. The molecule has 2 aliphatic heterocycles. The summed E-state index contributed by atoms with van der Waals surface area (Å²) in [6.45, 7) is 4.00. The Balaban J connectivity index is 1.12. The number of hydrogen-bond acceptors (Lipinski definition) is 11. The number of rotatable bonds is 10. The molecule has 43 heavy (non-hydrogen) atoms. The first kappa shape index (κ1) is 30.5. The van der Waals surface area contributed by atoms with Crippen LogP contribution in [0.25, 0.3) is 0 Å². The second-order valence-electron chi connectivity index (χ2n) is 10.2. The summed E-state index contributed by atoms with van der Waals surface area (Å²) >= 11 is 0. The van der Waals surface area contributed by atoms with E-state index in [2.05, 4.69) is 20.4 Å². The number of amides is 1. The fourth-order valence-corrected chi connectivity index (χ4v) is 5.42. The molecular weight excluding hydrogens is 583 g/mol. The minimum atomic E-state index is -3.89. The van der Waals surface area contributed by atoms with Gasteiger partial charge in [0.2, 0.25) is 0 Å². The van der Waals surface area contributed by atoms with Gasteiger partial charge in [-0.05, 0) is 49.7 Å². The lowest BCUT2D eigenvalue weighted by Gasteiger charge is -2.31. The molecule has 2 aromatic carbocycles. The molecule has 1 aromatic heterocycles. The third-order valence-corrected chi connectivity index (χ3v) is 8.09. The van der Waals surface area contributed by atoms with E-state index in [1.165, 1.54) is 37.4 Å². The SMILES string of the molecule is COc1cc(CNC(=O)c2cc(C3=NO[C@H](C4OCC(COS(=O)(=O)c5ccc(C)cc5)CO4)C3)nc(C)n2)ccc1F. The quantitative estimate of drug-likeness (QED) is 0.338. The van der Waals surface area contributed by atoms with E-state index in [4.69, 9.17) is 23.2 Å². The Hall–Kier alpha value is -3.98. The molecule has 1 atom stereocenters. The van der Waals surface area contributed by atoms with Gasteiger partial charge in [-0.25, -0.2) is 14.4 Å². The van der Waals surface area contributed by atoms with Crippen LogP contribution in [0.3, 0.4) is 0 Å². The van der Waals surface area contributed by atoms with E-state index in [-0.39, 0.29) is 48.6 Å². The third-order valence-electron chi connectivity index (χ3n) is 6.79. The van der Waals surface area contributed by atoms with Crippen molar-refractivity contribution in [3.8, 4) is 5.75 Å². The molecule has 1 amide bonds. The number of benzene rings is 2. The highest BCUT2D eigenvalue weighted by Gasteiger charge is 2.36. The first-order valence-electron chi connectivity index (χ1n) is 13.5. The number of oxime groups is 1. The van der Waals surface area contributed by atoms with Crippen LogP contribution in [-0.4, -0.2) is 69.3 Å². The standard InChI is InChI=1S/C29H31FN4O8S/c1-17-4-7-21(8-5-17)43(36,37)41-16-20-14-39-29(40-15-20)27-12-24(34-42-27)23-11-25(33-18(2)32-23)28(35)31-13-19-6-9-22(30)26(10-19)38-3/h4-11,20,27,29H,12-16H2,1-3H3,(H,31,35)/t20?,27-,29?/m0/s1. The number of aromatic nitrogens is 2. The van der Waals surface area contributed by atoms with E-state index in [1.54, 1.807) is 25.1 Å². The second-order valence-corrected chi connectivity index (χ2v) is 11.8. The maximum absolute atomic E-state index is 13.7. The number of nitrogens with zero attached hydrogens (tertiary/aromatic N) is 3. The highest BCUT2D eigenvalue weighted by molar-refractivity contribution is 7.86. The van der Waals surface area contributed by atoms with E-state index in [0.717, 1.165) is 5.56 Å². The van der Waals surface area contributed by atoms with Crippen molar-refractivity contribution in [3.05, 3.63) is 82.7 Å². The van der Waals surface area contributed by atoms with Gasteiger partial charge in [0.1, 0.15) is 17.2 Å². The van der Waals surface area contributed by atoms with Crippen LogP contribution < -0.4 is 10.1 Å². The minimum absolute atomic E-state index is 0.0848. The average molecular weight is 615 g/mol. The van der Waals surface area contributed by atoms with E-state index < -0.39 is 34.2 Å². The molecule has 3 heterocycles. The summed E-state index contributed by atoms with van der Waals surface area (Å²) in [5, 5.41) is 6.89. The zero-order chi connectivity index (χ0) is 30.6. The normalized spacial score (nSPS) is 20.3. The highest BCUT2D eigenvalue weighted by Crippen LogP contribution is 2.25. The van der Waals surface area contributed by atoms with Gasteiger partial charge < -0.3 is 24.4 Å². The molecule has 1 fully saturated rings. The molecule has 1 saturated heterocycles. The predicted molar refractivity (Wildman–Crippen MR) is 150 cm³/mol. The van der Waals surface area contributed by atoms with Crippen LogP contribution >= 0.6 is 0 Å². The Kier molecular flexibility index (Phi) is 9.30. The van der Waals surface area contributed by atoms with Crippen molar-refractivity contribution in [2.45, 2.75) is 44.1 Å². The van der Waals surface area contributed by atoms with E-state index >= 15 is 0 Å². The summed E-state index contributed by atoms with van der Waals surface area (Å²) in [6.07, 6.45) is -0.987. The van der Waals surface area contributed by atoms with Gasteiger partial charge >= 0.3 is 0 Å². The van der Waals surface area contributed by atoms with Gasteiger partial charge in [-0.1, -0.05) is 28.9 Å². The van der Waals surface area contributed by atoms with Gasteiger partial charge in [0.25, 0.3) is 16.0 Å². The third kappa shape index (κ3) is 7.51. The fraction of sp³-hybridized carbons (Fsp3) is 0.379. The maximum Gasteiger partial charge on any atom is 0.296 e. The Morgan fingerprint density at radius 2 is 1.81 bits per heavy atom. The number of hydrogen-bond donors (Lipinski definition) is 1. The summed E-state index contributed by atoms with van der Waals surface area (Å²) in [5.41, 5.74) is 2.66. The second kappa shape index (κ2) is 13.1. The van der Waals surface area contributed by atoms with Gasteiger partial charge in [-0.2, -0.15) is 8.42 Å². The zero-order valence-corrected chi connectivity index (χ0v) is 24.6. The Labute approximate surface area is 248 Å². The fourth-order valence-electron chi connectivity index (χ4n) is 4.44. The lowest BCUT2D eigenvalue weighted by atomic mass is 10.1. The Bertz CT molecular complexity index is 1610. The molecule has 5 rings (SSSR count). The summed E-state index contributed by atoms with van der Waals surface area (Å²) in [5.74, 6) is -0.774. The first-order chi connectivity index (χ1) is 20.6. The van der Waals surface area contributed by atoms with Crippen LogP contribution in [0.15, 0.2) is 58.6 Å². The van der Waals surface area contributed by atoms with Crippen LogP contribution in [-0.2, 0) is 35.2 Å². The van der Waals surface area contributed by atoms with Crippen LogP contribution in [0, 0.1) is 25.6 Å². The monoisotopic (exact) mass is 614 g/mol. The van der Waals surface area contributed by atoms with Crippen LogP contribution in [0.2, 0.25) is 0 Å². The first-order valence-corrected chi connectivity index (χ1v) is 14.9. The van der Waals surface area contributed by atoms with Crippen LogP contribution in [0.4, 0.5) is 4.39 Å². The maximum atomic E-state index is 13.7. The number of nitrogens with one attached hydrogen (secondary N) is 1. The van der Waals surface area contributed by atoms with Gasteiger partial charge in [-0.15, -0.1) is 0 Å². The summed E-state index contributed by atoms with van der Waals surface area (Å²) in [4.78, 5) is 27.1. The highest BCUT2D eigenvalue weighted by atomic mass is 32.2. The number of halogens is 1. The molecule has 0 spiro atoms. The molecule has 3 aromatic rings. The smallest absolute Gasteiger partial charge is 0.296 e.